The van der Waals surface area contributed by atoms with Crippen molar-refractivity contribution in [3.8, 4) is 28.3 Å². The normalized spacial score (nSPS) is 12.1. The van der Waals surface area contributed by atoms with Crippen molar-refractivity contribution in [2.24, 2.45) is 0 Å². The largest absolute Gasteiger partial charge is 0.309 e. The van der Waals surface area contributed by atoms with Gasteiger partial charge in [0.25, 0.3) is 0 Å². The second kappa shape index (κ2) is 13.1. The van der Waals surface area contributed by atoms with Gasteiger partial charge in [0.2, 0.25) is 0 Å². The lowest BCUT2D eigenvalue weighted by molar-refractivity contribution is 1.19. The van der Waals surface area contributed by atoms with Crippen molar-refractivity contribution in [1.29, 1.82) is 0 Å². The molecule has 0 N–H and O–H groups in total. The van der Waals surface area contributed by atoms with E-state index in [0.29, 0.717) is 0 Å². The van der Waals surface area contributed by atoms with E-state index in [1.54, 1.807) is 0 Å². The van der Waals surface area contributed by atoms with Crippen LogP contribution in [0.5, 0.6) is 0 Å². The van der Waals surface area contributed by atoms with E-state index in [1.807, 2.05) is 0 Å². The Morgan fingerprint density at radius 1 is 0.302 bits per heavy atom. The minimum Gasteiger partial charge on any atom is -0.309 e. The molecule has 0 saturated heterocycles. The molecule has 2 heterocycles. The van der Waals surface area contributed by atoms with Crippen LogP contribution in [0.1, 0.15) is 0 Å². The molecule has 3 nitrogen and oxygen atoms in total. The first-order valence-corrected chi connectivity index (χ1v) is 21.7. The standard InChI is InChI=1S/C60H35N3/c1-3-16-37(17-4-1)58-57-40-20-8-7-15-36(40)28-32-54(57)61-60(62-58)38-27-29-46-48-30-31-49-53-34-51-43-23-11-9-21-41(43)42-22-10-12-24-44(42)52(51)35-55(53)63(39-18-5-2-6-19-39)59(49)56(48)47-26-14-13-25-45(47)50(46)33-38/h1-35H. The highest BCUT2D eigenvalue weighted by atomic mass is 15.0. The van der Waals surface area contributed by atoms with E-state index in [1.165, 1.54) is 91.8 Å². The summed E-state index contributed by atoms with van der Waals surface area (Å²) in [6.07, 6.45) is 0. The molecule has 14 aromatic rings. The Bertz CT molecular complexity index is 4220. The highest BCUT2D eigenvalue weighted by Gasteiger charge is 2.22. The fraction of sp³-hybridized carbons (Fsp3) is 0. The lowest BCUT2D eigenvalue weighted by Crippen LogP contribution is -1.97. The van der Waals surface area contributed by atoms with Gasteiger partial charge >= 0.3 is 0 Å². The van der Waals surface area contributed by atoms with E-state index in [0.717, 1.165) is 44.6 Å². The molecule has 0 radical (unpaired) electrons. The third kappa shape index (κ3) is 4.90. The Morgan fingerprint density at radius 3 is 1.56 bits per heavy atom. The molecular formula is C60H35N3. The molecule has 0 aliphatic carbocycles. The van der Waals surface area contributed by atoms with E-state index < -0.39 is 0 Å². The Morgan fingerprint density at radius 2 is 0.825 bits per heavy atom. The molecule has 0 unspecified atom stereocenters. The molecular weight excluding hydrogens is 763 g/mol. The average Bonchev–Trinajstić information content (AvgIpc) is 3.69. The number of aromatic nitrogens is 3. The van der Waals surface area contributed by atoms with Gasteiger partial charge in [-0.25, -0.2) is 9.97 Å². The van der Waals surface area contributed by atoms with Crippen molar-refractivity contribution < 1.29 is 0 Å². The van der Waals surface area contributed by atoms with Crippen LogP contribution in [0.15, 0.2) is 212 Å². The minimum atomic E-state index is 0.717. The molecule has 0 atom stereocenters. The highest BCUT2D eigenvalue weighted by molar-refractivity contribution is 6.35. The third-order valence-corrected chi connectivity index (χ3v) is 13.5. The monoisotopic (exact) mass is 797 g/mol. The van der Waals surface area contributed by atoms with Crippen LogP contribution in [-0.2, 0) is 0 Å². The van der Waals surface area contributed by atoms with Gasteiger partial charge in [-0.15, -0.1) is 0 Å². The summed E-state index contributed by atoms with van der Waals surface area (Å²) in [6.45, 7) is 0. The molecule has 63 heavy (non-hydrogen) atoms. The molecule has 14 rings (SSSR count). The van der Waals surface area contributed by atoms with Gasteiger partial charge < -0.3 is 4.57 Å². The molecule has 290 valence electrons. The van der Waals surface area contributed by atoms with E-state index in [2.05, 4.69) is 217 Å². The van der Waals surface area contributed by atoms with Crippen LogP contribution in [0, 0.1) is 0 Å². The van der Waals surface area contributed by atoms with E-state index in [-0.39, 0.29) is 0 Å². The van der Waals surface area contributed by atoms with Gasteiger partial charge in [-0.1, -0.05) is 176 Å². The van der Waals surface area contributed by atoms with Crippen LogP contribution >= 0.6 is 0 Å². The van der Waals surface area contributed by atoms with Crippen LogP contribution in [0.2, 0.25) is 0 Å². The van der Waals surface area contributed by atoms with Crippen molar-refractivity contribution >= 4 is 108 Å². The molecule has 0 aliphatic heterocycles. The topological polar surface area (TPSA) is 30.7 Å². The SMILES string of the molecule is c1ccc(-c2nc(-c3ccc4c(c3)c3ccccc3c3c4ccc4c5cc6c7ccccc7c7ccccc7c6cc5n(-c5ccccc5)c43)nc3ccc4ccccc4c23)cc1. The number of hydrogen-bond donors (Lipinski definition) is 0. The first-order valence-electron chi connectivity index (χ1n) is 21.7. The predicted molar refractivity (Wildman–Crippen MR) is 267 cm³/mol. The van der Waals surface area contributed by atoms with Crippen LogP contribution in [0.3, 0.4) is 0 Å². The lowest BCUT2D eigenvalue weighted by Gasteiger charge is -2.16. The predicted octanol–water partition coefficient (Wildman–Crippen LogP) is 16.1. The Labute approximate surface area is 361 Å². The zero-order chi connectivity index (χ0) is 41.2. The van der Waals surface area contributed by atoms with Gasteiger partial charge in [0.05, 0.1) is 22.2 Å². The Hall–Kier alpha value is -8.40. The number of nitrogens with zero attached hydrogens (tertiary/aromatic N) is 3. The van der Waals surface area contributed by atoms with E-state index in [9.17, 15) is 0 Å². The first kappa shape index (κ1) is 34.3. The van der Waals surface area contributed by atoms with E-state index in [4.69, 9.17) is 9.97 Å². The molecule has 0 amide bonds. The molecule has 0 fully saturated rings. The summed E-state index contributed by atoms with van der Waals surface area (Å²) >= 11 is 0. The summed E-state index contributed by atoms with van der Waals surface area (Å²) in [5, 5.41) is 20.9. The Kier molecular flexibility index (Phi) is 7.11. The minimum absolute atomic E-state index is 0.717. The molecule has 0 spiro atoms. The first-order chi connectivity index (χ1) is 31.3. The molecule has 12 aromatic carbocycles. The zero-order valence-electron chi connectivity index (χ0n) is 34.0. The maximum atomic E-state index is 5.40. The second-order valence-corrected chi connectivity index (χ2v) is 16.8. The summed E-state index contributed by atoms with van der Waals surface area (Å²) in [5.74, 6) is 0.717. The molecule has 0 saturated carbocycles. The van der Waals surface area contributed by atoms with Gasteiger partial charge in [0, 0.05) is 38.4 Å². The number of benzene rings is 12. The fourth-order valence-corrected chi connectivity index (χ4v) is 10.8. The molecule has 0 bridgehead atoms. The number of fused-ring (bicyclic) bond motifs is 19. The number of rotatable bonds is 3. The maximum Gasteiger partial charge on any atom is 0.160 e. The number of para-hydroxylation sites is 1. The van der Waals surface area contributed by atoms with Gasteiger partial charge in [0.15, 0.2) is 5.82 Å². The summed E-state index contributed by atoms with van der Waals surface area (Å²) in [5.41, 5.74) is 7.51. The van der Waals surface area contributed by atoms with Crippen molar-refractivity contribution in [3.05, 3.63) is 212 Å². The smallest absolute Gasteiger partial charge is 0.160 e. The molecule has 2 aromatic heterocycles. The van der Waals surface area contributed by atoms with Gasteiger partial charge in [-0.05, 0) is 106 Å². The third-order valence-electron chi connectivity index (χ3n) is 13.5. The zero-order valence-corrected chi connectivity index (χ0v) is 34.0. The van der Waals surface area contributed by atoms with Crippen LogP contribution in [0.4, 0.5) is 0 Å². The van der Waals surface area contributed by atoms with Gasteiger partial charge in [-0.3, -0.25) is 0 Å². The van der Waals surface area contributed by atoms with Crippen LogP contribution in [0.25, 0.3) is 136 Å². The molecule has 3 heteroatoms. The van der Waals surface area contributed by atoms with Crippen LogP contribution in [-0.4, -0.2) is 14.5 Å². The van der Waals surface area contributed by atoms with Crippen molar-refractivity contribution in [3.63, 3.8) is 0 Å². The fourth-order valence-electron chi connectivity index (χ4n) is 10.8. The van der Waals surface area contributed by atoms with Gasteiger partial charge in [-0.2, -0.15) is 0 Å². The average molecular weight is 798 g/mol. The highest BCUT2D eigenvalue weighted by Crippen LogP contribution is 2.46. The van der Waals surface area contributed by atoms with Crippen LogP contribution < -0.4 is 0 Å². The quantitative estimate of drug-likeness (QED) is 0.167. The van der Waals surface area contributed by atoms with Crippen molar-refractivity contribution in [2.75, 3.05) is 0 Å². The lowest BCUT2D eigenvalue weighted by atomic mass is 9.91. The second-order valence-electron chi connectivity index (χ2n) is 16.8. The summed E-state index contributed by atoms with van der Waals surface area (Å²) in [7, 11) is 0. The Balaban J connectivity index is 1.08. The summed E-state index contributed by atoms with van der Waals surface area (Å²) in [6, 6.07) is 77.4. The summed E-state index contributed by atoms with van der Waals surface area (Å²) < 4.78 is 2.51. The summed E-state index contributed by atoms with van der Waals surface area (Å²) in [4.78, 5) is 10.7. The molecule has 0 aliphatic rings. The van der Waals surface area contributed by atoms with E-state index >= 15 is 0 Å². The van der Waals surface area contributed by atoms with Gasteiger partial charge in [0.1, 0.15) is 0 Å². The van der Waals surface area contributed by atoms with Crippen molar-refractivity contribution in [1.82, 2.24) is 14.5 Å². The number of hydrogen-bond acceptors (Lipinski definition) is 2. The maximum absolute atomic E-state index is 5.40. The van der Waals surface area contributed by atoms with Crippen molar-refractivity contribution in [2.45, 2.75) is 0 Å².